The lowest BCUT2D eigenvalue weighted by molar-refractivity contribution is -0.146. The largest absolute Gasteiger partial charge is 0.496 e. The number of hydrogen-bond donors (Lipinski definition) is 1. The second-order valence-electron chi connectivity index (χ2n) is 11.5. The summed E-state index contributed by atoms with van der Waals surface area (Å²) in [5, 5.41) is 2.87. The number of nitrogens with zero attached hydrogens (tertiary/aromatic N) is 1. The van der Waals surface area contributed by atoms with Gasteiger partial charge in [-0.3, -0.25) is 13.9 Å². The van der Waals surface area contributed by atoms with Crippen molar-refractivity contribution < 1.29 is 47.0 Å². The van der Waals surface area contributed by atoms with Crippen molar-refractivity contribution in [1.29, 1.82) is 0 Å². The Morgan fingerprint density at radius 2 is 1.44 bits per heavy atom. The molecule has 13 heteroatoms. The highest BCUT2D eigenvalue weighted by molar-refractivity contribution is 7.85. The highest BCUT2D eigenvalue weighted by Gasteiger charge is 2.37. The highest BCUT2D eigenvalue weighted by atomic mass is 32.2. The van der Waals surface area contributed by atoms with E-state index in [9.17, 15) is 13.8 Å². The minimum absolute atomic E-state index is 0.233. The topological polar surface area (TPSA) is 131 Å². The van der Waals surface area contributed by atoms with Crippen LogP contribution in [0.15, 0.2) is 71.6 Å². The summed E-state index contributed by atoms with van der Waals surface area (Å²) in [7, 11) is 4.87. The summed E-state index contributed by atoms with van der Waals surface area (Å²) in [4.78, 5) is 28.6. The van der Waals surface area contributed by atoms with E-state index in [1.165, 1.54) is 7.11 Å². The fourth-order valence-corrected chi connectivity index (χ4v) is 6.66. The van der Waals surface area contributed by atoms with E-state index in [4.69, 9.17) is 33.2 Å². The van der Waals surface area contributed by atoms with Crippen molar-refractivity contribution in [2.45, 2.75) is 36.4 Å². The summed E-state index contributed by atoms with van der Waals surface area (Å²) >= 11 is 0. The molecule has 1 heterocycles. The van der Waals surface area contributed by atoms with Crippen molar-refractivity contribution in [2.75, 3.05) is 80.5 Å². The predicted octanol–water partition coefficient (Wildman–Crippen LogP) is 3.61. The molecule has 0 spiro atoms. The quantitative estimate of drug-likeness (QED) is 0.121. The maximum atomic E-state index is 13.2. The van der Waals surface area contributed by atoms with Crippen LogP contribution in [-0.4, -0.2) is 114 Å². The van der Waals surface area contributed by atoms with Gasteiger partial charge in [-0.25, -0.2) is 4.79 Å². The Morgan fingerprint density at radius 3 is 2.00 bits per heavy atom. The van der Waals surface area contributed by atoms with Crippen LogP contribution in [-0.2, 0) is 57.1 Å². The average molecular weight is 713 g/mol. The van der Waals surface area contributed by atoms with E-state index >= 15 is 0 Å². The maximum Gasteiger partial charge on any atom is 0.328 e. The Bertz CT molecular complexity index is 1500. The minimum Gasteiger partial charge on any atom is -0.496 e. The number of nitrogens with one attached hydrogen (secondary N) is 1. The Morgan fingerprint density at radius 1 is 0.820 bits per heavy atom. The Hall–Kier alpha value is -3.85. The van der Waals surface area contributed by atoms with Crippen molar-refractivity contribution in [3.63, 3.8) is 0 Å². The summed E-state index contributed by atoms with van der Waals surface area (Å²) in [6.45, 7) is 3.96. The van der Waals surface area contributed by atoms with Crippen LogP contribution in [0.2, 0.25) is 0 Å². The van der Waals surface area contributed by atoms with E-state index < -0.39 is 28.9 Å². The van der Waals surface area contributed by atoms with Gasteiger partial charge < -0.3 is 38.5 Å². The molecule has 0 saturated carbocycles. The normalized spacial score (nSPS) is 15.5. The molecule has 1 saturated heterocycles. The van der Waals surface area contributed by atoms with Gasteiger partial charge in [0.15, 0.2) is 0 Å². The zero-order valence-corrected chi connectivity index (χ0v) is 30.0. The van der Waals surface area contributed by atoms with Crippen molar-refractivity contribution in [3.8, 4) is 22.6 Å². The standard InChI is InChI=1S/C37H48N2O10S/c1-43-16-17-47-18-19-48-20-21-49-25-28-23-33(44-2)35(34(24-28)45-3)29-12-10-27(11-13-29)22-31(37(41)46-4)38-36(40)32-14-15-39(32)26-50(42)30-8-6-5-7-9-30/h5-13,23-24,31-32H,14-22,25-26H2,1-4H3,(H,38,40)/t31?,32-,50?/m0/s1. The van der Waals surface area contributed by atoms with E-state index in [1.807, 2.05) is 71.6 Å². The molecule has 0 bridgehead atoms. The smallest absolute Gasteiger partial charge is 0.328 e. The van der Waals surface area contributed by atoms with Crippen LogP contribution in [0.1, 0.15) is 17.5 Å². The highest BCUT2D eigenvalue weighted by Crippen LogP contribution is 2.40. The maximum absolute atomic E-state index is 13.2. The van der Waals surface area contributed by atoms with Crippen LogP contribution in [0.5, 0.6) is 11.5 Å². The number of ether oxygens (including phenoxy) is 7. The number of benzene rings is 3. The lowest BCUT2D eigenvalue weighted by atomic mass is 9.97. The second-order valence-corrected chi connectivity index (χ2v) is 13.0. The number of amides is 1. The number of rotatable bonds is 22. The molecule has 1 N–H and O–H groups in total. The van der Waals surface area contributed by atoms with Crippen LogP contribution >= 0.6 is 0 Å². The number of carbonyl (C=O) groups is 2. The van der Waals surface area contributed by atoms with Gasteiger partial charge in [-0.1, -0.05) is 42.5 Å². The molecule has 12 nitrogen and oxygen atoms in total. The van der Waals surface area contributed by atoms with Crippen LogP contribution in [0.25, 0.3) is 11.1 Å². The van der Waals surface area contributed by atoms with Gasteiger partial charge >= 0.3 is 5.97 Å². The first-order chi connectivity index (χ1) is 24.4. The number of methoxy groups -OCH3 is 4. The fourth-order valence-electron chi connectivity index (χ4n) is 5.44. The fraction of sp³-hybridized carbons (Fsp3) is 0.459. The van der Waals surface area contributed by atoms with E-state index in [1.54, 1.807) is 21.3 Å². The van der Waals surface area contributed by atoms with Gasteiger partial charge in [0.05, 0.1) is 95.9 Å². The third kappa shape index (κ3) is 11.3. The van der Waals surface area contributed by atoms with Crippen LogP contribution in [0.4, 0.5) is 0 Å². The van der Waals surface area contributed by atoms with Crippen molar-refractivity contribution >= 4 is 22.7 Å². The van der Waals surface area contributed by atoms with Crippen LogP contribution in [0.3, 0.4) is 0 Å². The third-order valence-corrected chi connectivity index (χ3v) is 9.58. The summed E-state index contributed by atoms with van der Waals surface area (Å²) in [5.74, 6) is 0.661. The van der Waals surface area contributed by atoms with Gasteiger partial charge in [-0.05, 0) is 47.4 Å². The SMILES string of the molecule is COCCOCCOCCOCc1cc(OC)c(-c2ccc(CC(NC(=O)[C@@H]3CCN3CS(=O)c3ccccc3)C(=O)OC)cc2)c(OC)c1. The second kappa shape index (κ2) is 20.7. The summed E-state index contributed by atoms with van der Waals surface area (Å²) in [5.41, 5.74) is 3.34. The van der Waals surface area contributed by atoms with E-state index in [0.717, 1.165) is 22.3 Å². The molecule has 1 amide bonds. The van der Waals surface area contributed by atoms with E-state index in [2.05, 4.69) is 5.32 Å². The lowest BCUT2D eigenvalue weighted by Gasteiger charge is -2.39. The molecule has 3 aromatic carbocycles. The number of esters is 1. The molecule has 0 radical (unpaired) electrons. The zero-order chi connectivity index (χ0) is 35.7. The first-order valence-corrected chi connectivity index (χ1v) is 17.8. The van der Waals surface area contributed by atoms with Crippen molar-refractivity contribution in [2.24, 2.45) is 0 Å². The predicted molar refractivity (Wildman–Crippen MR) is 189 cm³/mol. The molecule has 272 valence electrons. The number of likely N-dealkylation sites (tertiary alicyclic amines) is 1. The van der Waals surface area contributed by atoms with E-state index in [0.29, 0.717) is 75.6 Å². The Balaban J connectivity index is 1.33. The van der Waals surface area contributed by atoms with E-state index in [-0.39, 0.29) is 18.2 Å². The molecule has 2 unspecified atom stereocenters. The van der Waals surface area contributed by atoms with Crippen LogP contribution in [0, 0.1) is 0 Å². The molecule has 1 fully saturated rings. The number of carbonyl (C=O) groups excluding carboxylic acids is 2. The third-order valence-electron chi connectivity index (χ3n) is 8.22. The van der Waals surface area contributed by atoms with Gasteiger partial charge in [0.2, 0.25) is 5.91 Å². The molecule has 0 aliphatic carbocycles. The van der Waals surface area contributed by atoms with Gasteiger partial charge in [-0.15, -0.1) is 0 Å². The van der Waals surface area contributed by atoms with Crippen molar-refractivity contribution in [3.05, 3.63) is 77.9 Å². The van der Waals surface area contributed by atoms with Gasteiger partial charge in [0.25, 0.3) is 0 Å². The molecule has 50 heavy (non-hydrogen) atoms. The van der Waals surface area contributed by atoms with Gasteiger partial charge in [0.1, 0.15) is 17.5 Å². The first-order valence-electron chi connectivity index (χ1n) is 16.5. The average Bonchev–Trinajstić information content (AvgIpc) is 3.13. The number of hydrogen-bond acceptors (Lipinski definition) is 11. The Kier molecular flexibility index (Phi) is 16.1. The van der Waals surface area contributed by atoms with Gasteiger partial charge in [-0.2, -0.15) is 0 Å². The summed E-state index contributed by atoms with van der Waals surface area (Å²) < 4.78 is 51.0. The van der Waals surface area contributed by atoms with Gasteiger partial charge in [0, 0.05) is 25.0 Å². The molecule has 4 rings (SSSR count). The molecular formula is C37H48N2O10S. The molecular weight excluding hydrogens is 664 g/mol. The Labute approximate surface area is 296 Å². The van der Waals surface area contributed by atoms with Crippen molar-refractivity contribution in [1.82, 2.24) is 10.2 Å². The summed E-state index contributed by atoms with van der Waals surface area (Å²) in [6, 6.07) is 19.3. The van der Waals surface area contributed by atoms with Crippen LogP contribution < -0.4 is 14.8 Å². The first kappa shape index (κ1) is 38.9. The molecule has 0 aromatic heterocycles. The molecule has 1 aliphatic rings. The molecule has 1 aliphatic heterocycles. The lowest BCUT2D eigenvalue weighted by Crippen LogP contribution is -2.59. The minimum atomic E-state index is -1.26. The molecule has 3 aromatic rings. The summed E-state index contributed by atoms with van der Waals surface area (Å²) in [6.07, 6.45) is 0.853. The molecule has 3 atom stereocenters. The zero-order valence-electron chi connectivity index (χ0n) is 29.2. The monoisotopic (exact) mass is 712 g/mol.